The molecule has 0 rings (SSSR count). The van der Waals surface area contributed by atoms with Gasteiger partial charge in [-0.2, -0.15) is 0 Å². The Hall–Kier alpha value is -1.72. The molecule has 0 aliphatic rings. The third kappa shape index (κ3) is 11.0. The molecule has 1 N–H and O–H groups in total. The van der Waals surface area contributed by atoms with Gasteiger partial charge in [-0.25, -0.2) is 20.0 Å². The molecule has 0 aromatic rings. The van der Waals surface area contributed by atoms with E-state index in [0.29, 0.717) is 0 Å². The van der Waals surface area contributed by atoms with E-state index in [1.807, 2.05) is 26.0 Å². The van der Waals surface area contributed by atoms with Crippen LogP contribution in [0.25, 0.3) is 0 Å². The molecule has 0 saturated carbocycles. The molecule has 26 heavy (non-hydrogen) atoms. The first-order chi connectivity index (χ1) is 11.7. The zero-order valence-corrected chi connectivity index (χ0v) is 18.1. The fourth-order valence-electron chi connectivity index (χ4n) is 2.08. The Labute approximate surface area is 159 Å². The maximum absolute atomic E-state index is 12.6. The van der Waals surface area contributed by atoms with Crippen LogP contribution in [0.2, 0.25) is 0 Å². The second kappa shape index (κ2) is 9.83. The molecule has 0 aliphatic heterocycles. The molecule has 0 saturated heterocycles. The molecule has 0 unspecified atom stereocenters. The minimum Gasteiger partial charge on any atom is -0.443 e. The van der Waals surface area contributed by atoms with Gasteiger partial charge in [0.25, 0.3) is 0 Å². The Morgan fingerprint density at radius 1 is 0.923 bits per heavy atom. The number of nitrogens with zero attached hydrogens (tertiary/aromatic N) is 1. The molecule has 0 radical (unpaired) electrons. The van der Waals surface area contributed by atoms with Crippen molar-refractivity contribution in [2.45, 2.75) is 105 Å². The van der Waals surface area contributed by atoms with Crippen molar-refractivity contribution in [2.75, 3.05) is 0 Å². The first-order valence-electron chi connectivity index (χ1n) is 9.38. The van der Waals surface area contributed by atoms with E-state index in [1.165, 1.54) is 5.01 Å². The predicted octanol–water partition coefficient (Wildman–Crippen LogP) is 5.58. The molecule has 0 spiro atoms. The highest BCUT2D eigenvalue weighted by Gasteiger charge is 2.35. The fourth-order valence-corrected chi connectivity index (χ4v) is 2.08. The Kier molecular flexibility index (Phi) is 9.18. The van der Waals surface area contributed by atoms with E-state index in [-0.39, 0.29) is 0 Å². The molecule has 2 amide bonds. The SMILES string of the molecule is CCCCC/C=C/C(C)(C)N(NC(=O)OC(C)(C)C)C(=O)OC(C)(C)C. The van der Waals surface area contributed by atoms with Crippen molar-refractivity contribution in [2.24, 2.45) is 0 Å². The zero-order chi connectivity index (χ0) is 20.6. The summed E-state index contributed by atoms with van der Waals surface area (Å²) in [5, 5.41) is 1.18. The molecule has 0 fully saturated rings. The van der Waals surface area contributed by atoms with Crippen LogP contribution < -0.4 is 5.43 Å². The van der Waals surface area contributed by atoms with Crippen molar-refractivity contribution in [1.29, 1.82) is 0 Å². The van der Waals surface area contributed by atoms with Crippen molar-refractivity contribution < 1.29 is 19.1 Å². The Morgan fingerprint density at radius 3 is 1.92 bits per heavy atom. The Bertz CT molecular complexity index is 485. The summed E-state index contributed by atoms with van der Waals surface area (Å²) in [6, 6.07) is 0. The third-order valence-corrected chi connectivity index (χ3v) is 3.25. The van der Waals surface area contributed by atoms with Crippen LogP contribution in [0.15, 0.2) is 12.2 Å². The minimum absolute atomic E-state index is 0.633. The van der Waals surface area contributed by atoms with E-state index in [4.69, 9.17) is 9.47 Å². The normalized spacial score (nSPS) is 12.8. The maximum atomic E-state index is 12.6. The quantitative estimate of drug-likeness (QED) is 0.376. The topological polar surface area (TPSA) is 67.9 Å². The van der Waals surface area contributed by atoms with E-state index in [0.717, 1.165) is 25.7 Å². The smallest absolute Gasteiger partial charge is 0.430 e. The standard InChI is InChI=1S/C20H38N2O4/c1-10-11-12-13-14-15-20(8,9)22(17(24)26-19(5,6)7)21-16(23)25-18(2,3)4/h14-15H,10-13H2,1-9H3,(H,21,23)/b15-14+. The van der Waals surface area contributed by atoms with Gasteiger partial charge in [-0.15, -0.1) is 0 Å². The van der Waals surface area contributed by atoms with Crippen molar-refractivity contribution in [1.82, 2.24) is 10.4 Å². The maximum Gasteiger partial charge on any atom is 0.430 e. The first kappa shape index (κ1) is 24.3. The number of carbonyl (C=O) groups excluding carboxylic acids is 2. The second-order valence-corrected chi connectivity index (χ2v) is 8.98. The number of rotatable bonds is 6. The molecular weight excluding hydrogens is 332 g/mol. The average Bonchev–Trinajstić information content (AvgIpc) is 2.40. The van der Waals surface area contributed by atoms with E-state index in [2.05, 4.69) is 12.3 Å². The number of carbonyl (C=O) groups is 2. The van der Waals surface area contributed by atoms with Crippen molar-refractivity contribution in [3.63, 3.8) is 0 Å². The molecule has 0 aliphatic carbocycles. The monoisotopic (exact) mass is 370 g/mol. The Balaban J connectivity index is 5.28. The van der Waals surface area contributed by atoms with Gasteiger partial charge in [0.05, 0.1) is 5.54 Å². The molecule has 6 heteroatoms. The summed E-state index contributed by atoms with van der Waals surface area (Å²) in [5.74, 6) is 0. The molecule has 0 aromatic carbocycles. The lowest BCUT2D eigenvalue weighted by molar-refractivity contribution is -0.0162. The van der Waals surface area contributed by atoms with Crippen LogP contribution in [0.4, 0.5) is 9.59 Å². The van der Waals surface area contributed by atoms with Gasteiger partial charge < -0.3 is 9.47 Å². The Morgan fingerprint density at radius 2 is 1.46 bits per heavy atom. The number of allylic oxidation sites excluding steroid dienone is 1. The number of ether oxygens (including phenoxy) is 2. The van der Waals surface area contributed by atoms with Gasteiger partial charge in [-0.1, -0.05) is 31.9 Å². The number of unbranched alkanes of at least 4 members (excludes halogenated alkanes) is 3. The number of amides is 2. The average molecular weight is 371 g/mol. The van der Waals surface area contributed by atoms with Crippen molar-refractivity contribution >= 4 is 12.2 Å². The number of hydrazine groups is 1. The van der Waals surface area contributed by atoms with Gasteiger partial charge in [-0.05, 0) is 68.2 Å². The van der Waals surface area contributed by atoms with E-state index < -0.39 is 28.9 Å². The second-order valence-electron chi connectivity index (χ2n) is 8.98. The van der Waals surface area contributed by atoms with Gasteiger partial charge in [-0.3, -0.25) is 0 Å². The number of nitrogens with one attached hydrogen (secondary N) is 1. The van der Waals surface area contributed by atoms with Crippen LogP contribution in [0.5, 0.6) is 0 Å². The third-order valence-electron chi connectivity index (χ3n) is 3.25. The molecule has 0 aromatic heterocycles. The van der Waals surface area contributed by atoms with Gasteiger partial charge in [0.15, 0.2) is 0 Å². The van der Waals surface area contributed by atoms with Crippen LogP contribution in [0, 0.1) is 0 Å². The summed E-state index contributed by atoms with van der Waals surface area (Å²) >= 11 is 0. The van der Waals surface area contributed by atoms with Crippen LogP contribution in [0.1, 0.15) is 88.0 Å². The molecular formula is C20H38N2O4. The summed E-state index contributed by atoms with van der Waals surface area (Å²) in [5.41, 5.74) is 0.425. The summed E-state index contributed by atoms with van der Waals surface area (Å²) in [6.07, 6.45) is 6.94. The summed E-state index contributed by atoms with van der Waals surface area (Å²) in [7, 11) is 0. The largest absolute Gasteiger partial charge is 0.443 e. The lowest BCUT2D eigenvalue weighted by Gasteiger charge is -2.37. The van der Waals surface area contributed by atoms with E-state index in [1.54, 1.807) is 41.5 Å². The van der Waals surface area contributed by atoms with Crippen LogP contribution in [0.3, 0.4) is 0 Å². The fraction of sp³-hybridized carbons (Fsp3) is 0.800. The summed E-state index contributed by atoms with van der Waals surface area (Å²) in [6.45, 7) is 16.5. The first-order valence-corrected chi connectivity index (χ1v) is 9.38. The highest BCUT2D eigenvalue weighted by Crippen LogP contribution is 2.20. The van der Waals surface area contributed by atoms with Crippen molar-refractivity contribution in [3.8, 4) is 0 Å². The molecule has 6 nitrogen and oxygen atoms in total. The predicted molar refractivity (Wildman–Crippen MR) is 105 cm³/mol. The van der Waals surface area contributed by atoms with E-state index >= 15 is 0 Å². The molecule has 152 valence electrons. The van der Waals surface area contributed by atoms with Gasteiger partial charge >= 0.3 is 12.2 Å². The summed E-state index contributed by atoms with van der Waals surface area (Å²) in [4.78, 5) is 24.8. The number of hydrogen-bond donors (Lipinski definition) is 1. The highest BCUT2D eigenvalue weighted by atomic mass is 16.6. The molecule has 0 bridgehead atoms. The van der Waals surface area contributed by atoms with E-state index in [9.17, 15) is 9.59 Å². The van der Waals surface area contributed by atoms with Crippen LogP contribution >= 0.6 is 0 Å². The van der Waals surface area contributed by atoms with Crippen LogP contribution in [-0.4, -0.2) is 33.9 Å². The lowest BCUT2D eigenvalue weighted by atomic mass is 10.0. The van der Waals surface area contributed by atoms with Crippen LogP contribution in [-0.2, 0) is 9.47 Å². The number of hydrogen-bond acceptors (Lipinski definition) is 4. The van der Waals surface area contributed by atoms with Crippen molar-refractivity contribution in [3.05, 3.63) is 12.2 Å². The summed E-state index contributed by atoms with van der Waals surface area (Å²) < 4.78 is 10.7. The molecule has 0 atom stereocenters. The lowest BCUT2D eigenvalue weighted by Crippen LogP contribution is -2.58. The molecule has 0 heterocycles. The van der Waals surface area contributed by atoms with Gasteiger partial charge in [0, 0.05) is 0 Å². The van der Waals surface area contributed by atoms with Gasteiger partial charge in [0.2, 0.25) is 0 Å². The zero-order valence-electron chi connectivity index (χ0n) is 18.1. The van der Waals surface area contributed by atoms with Gasteiger partial charge in [0.1, 0.15) is 11.2 Å². The minimum atomic E-state index is -0.772. The highest BCUT2D eigenvalue weighted by molar-refractivity contribution is 5.75.